The molecular weight excluding hydrogens is 260 g/mol. The normalized spacial score (nSPS) is 12.2. The summed E-state index contributed by atoms with van der Waals surface area (Å²) in [5.41, 5.74) is 7.67. The second-order valence-corrected chi connectivity index (χ2v) is 4.79. The average molecular weight is 277 g/mol. The lowest BCUT2D eigenvalue weighted by molar-refractivity contribution is 0.414. The van der Waals surface area contributed by atoms with Crippen molar-refractivity contribution < 1.29 is 13.5 Å². The summed E-state index contributed by atoms with van der Waals surface area (Å²) in [4.78, 5) is 0. The predicted molar refractivity (Wildman–Crippen MR) is 74.7 cm³/mol. The minimum atomic E-state index is -0.573. The van der Waals surface area contributed by atoms with Gasteiger partial charge in [-0.2, -0.15) is 0 Å². The zero-order chi connectivity index (χ0) is 14.5. The number of hydrogen-bond donors (Lipinski definition) is 1. The summed E-state index contributed by atoms with van der Waals surface area (Å²) in [7, 11) is 1.61. The molecule has 2 aromatic rings. The van der Waals surface area contributed by atoms with Gasteiger partial charge in [0, 0.05) is 12.1 Å². The first-order valence-corrected chi connectivity index (χ1v) is 6.40. The molecule has 1 atom stereocenters. The van der Waals surface area contributed by atoms with E-state index in [9.17, 15) is 8.78 Å². The van der Waals surface area contributed by atoms with Crippen molar-refractivity contribution in [3.63, 3.8) is 0 Å². The third-order valence-electron chi connectivity index (χ3n) is 3.08. The Labute approximate surface area is 117 Å². The highest BCUT2D eigenvalue weighted by Crippen LogP contribution is 2.14. The maximum absolute atomic E-state index is 13.1. The molecule has 0 amide bonds. The van der Waals surface area contributed by atoms with Gasteiger partial charge < -0.3 is 10.5 Å². The van der Waals surface area contributed by atoms with Gasteiger partial charge in [-0.3, -0.25) is 0 Å². The molecule has 0 saturated heterocycles. The van der Waals surface area contributed by atoms with Gasteiger partial charge >= 0.3 is 0 Å². The lowest BCUT2D eigenvalue weighted by Gasteiger charge is -2.12. The smallest absolute Gasteiger partial charge is 0.126 e. The van der Waals surface area contributed by atoms with Gasteiger partial charge in [0.2, 0.25) is 0 Å². The third-order valence-corrected chi connectivity index (χ3v) is 3.08. The fraction of sp³-hybridized carbons (Fsp3) is 0.250. The largest absolute Gasteiger partial charge is 0.497 e. The van der Waals surface area contributed by atoms with E-state index in [1.807, 2.05) is 24.3 Å². The fourth-order valence-corrected chi connectivity index (χ4v) is 2.17. The summed E-state index contributed by atoms with van der Waals surface area (Å²) < 4.78 is 31.3. The van der Waals surface area contributed by atoms with Crippen LogP contribution in [0.1, 0.15) is 11.1 Å². The van der Waals surface area contributed by atoms with Crippen LogP contribution in [-0.2, 0) is 12.8 Å². The highest BCUT2D eigenvalue weighted by Gasteiger charge is 2.08. The molecule has 0 spiro atoms. The maximum Gasteiger partial charge on any atom is 0.126 e. The molecule has 0 bridgehead atoms. The molecule has 2 rings (SSSR count). The molecule has 4 heteroatoms. The third kappa shape index (κ3) is 4.03. The fourth-order valence-electron chi connectivity index (χ4n) is 2.17. The van der Waals surface area contributed by atoms with E-state index >= 15 is 0 Å². The highest BCUT2D eigenvalue weighted by atomic mass is 19.1. The summed E-state index contributed by atoms with van der Waals surface area (Å²) in [5, 5.41) is 0. The maximum atomic E-state index is 13.1. The number of nitrogens with two attached hydrogens (primary N) is 1. The highest BCUT2D eigenvalue weighted by molar-refractivity contribution is 5.28. The second kappa shape index (κ2) is 6.48. The SMILES string of the molecule is COc1ccc(CC(N)Cc2cc(F)cc(F)c2)cc1. The molecule has 0 heterocycles. The average Bonchev–Trinajstić information content (AvgIpc) is 2.38. The Hall–Kier alpha value is -1.94. The van der Waals surface area contributed by atoms with Gasteiger partial charge in [0.25, 0.3) is 0 Å². The van der Waals surface area contributed by atoms with Crippen molar-refractivity contribution in [2.75, 3.05) is 7.11 Å². The van der Waals surface area contributed by atoms with Crippen LogP contribution < -0.4 is 10.5 Å². The quantitative estimate of drug-likeness (QED) is 0.911. The molecule has 2 N–H and O–H groups in total. The number of ether oxygens (including phenoxy) is 1. The Morgan fingerprint density at radius 3 is 2.05 bits per heavy atom. The zero-order valence-electron chi connectivity index (χ0n) is 11.3. The van der Waals surface area contributed by atoms with Gasteiger partial charge in [0.15, 0.2) is 0 Å². The van der Waals surface area contributed by atoms with E-state index < -0.39 is 11.6 Å². The Bertz CT molecular complexity index is 549. The summed E-state index contributed by atoms with van der Waals surface area (Å²) in [5.74, 6) is -0.359. The lowest BCUT2D eigenvalue weighted by atomic mass is 9.99. The molecule has 20 heavy (non-hydrogen) atoms. The van der Waals surface area contributed by atoms with Crippen molar-refractivity contribution in [1.82, 2.24) is 0 Å². The van der Waals surface area contributed by atoms with Gasteiger partial charge in [0.1, 0.15) is 17.4 Å². The van der Waals surface area contributed by atoms with Gasteiger partial charge in [-0.1, -0.05) is 12.1 Å². The number of hydrogen-bond acceptors (Lipinski definition) is 2. The second-order valence-electron chi connectivity index (χ2n) is 4.79. The first-order valence-electron chi connectivity index (χ1n) is 6.40. The predicted octanol–water partition coefficient (Wildman–Crippen LogP) is 3.09. The van der Waals surface area contributed by atoms with Crippen LogP contribution >= 0.6 is 0 Å². The molecule has 0 aromatic heterocycles. The van der Waals surface area contributed by atoms with E-state index in [1.54, 1.807) is 7.11 Å². The van der Waals surface area contributed by atoms with Crippen molar-refractivity contribution in [1.29, 1.82) is 0 Å². The molecule has 106 valence electrons. The van der Waals surface area contributed by atoms with Gasteiger partial charge in [-0.25, -0.2) is 8.78 Å². The van der Waals surface area contributed by atoms with Crippen LogP contribution in [0.5, 0.6) is 5.75 Å². The number of rotatable bonds is 5. The molecule has 0 aliphatic heterocycles. The van der Waals surface area contributed by atoms with E-state index in [-0.39, 0.29) is 6.04 Å². The number of halogens is 2. The number of methoxy groups -OCH3 is 1. The van der Waals surface area contributed by atoms with E-state index in [2.05, 4.69) is 0 Å². The monoisotopic (exact) mass is 277 g/mol. The zero-order valence-corrected chi connectivity index (χ0v) is 11.3. The standard InChI is InChI=1S/C16H17F2NO/c1-20-16-4-2-11(3-5-16)8-15(19)9-12-6-13(17)10-14(18)7-12/h2-7,10,15H,8-9,19H2,1H3. The minimum absolute atomic E-state index is 0.190. The molecule has 0 aliphatic rings. The molecule has 0 aliphatic carbocycles. The molecule has 0 fully saturated rings. The molecule has 2 aromatic carbocycles. The molecular formula is C16H17F2NO. The summed E-state index contributed by atoms with van der Waals surface area (Å²) in [6.07, 6.45) is 1.07. The van der Waals surface area contributed by atoms with Crippen molar-refractivity contribution >= 4 is 0 Å². The molecule has 2 nitrogen and oxygen atoms in total. The van der Waals surface area contributed by atoms with Crippen molar-refractivity contribution in [3.05, 3.63) is 65.2 Å². The first-order chi connectivity index (χ1) is 9.56. The van der Waals surface area contributed by atoms with E-state index in [4.69, 9.17) is 10.5 Å². The van der Waals surface area contributed by atoms with Crippen LogP contribution in [0.25, 0.3) is 0 Å². The minimum Gasteiger partial charge on any atom is -0.497 e. The van der Waals surface area contributed by atoms with Gasteiger partial charge in [-0.05, 0) is 48.2 Å². The Balaban J connectivity index is 1.98. The van der Waals surface area contributed by atoms with Crippen molar-refractivity contribution in [2.45, 2.75) is 18.9 Å². The van der Waals surface area contributed by atoms with Crippen LogP contribution in [-0.4, -0.2) is 13.2 Å². The first kappa shape index (κ1) is 14.5. The van der Waals surface area contributed by atoms with Crippen molar-refractivity contribution in [2.24, 2.45) is 5.73 Å². The lowest BCUT2D eigenvalue weighted by Crippen LogP contribution is -2.25. The number of benzene rings is 2. The van der Waals surface area contributed by atoms with Crippen molar-refractivity contribution in [3.8, 4) is 5.75 Å². The van der Waals surface area contributed by atoms with E-state index in [0.717, 1.165) is 17.4 Å². The van der Waals surface area contributed by atoms with E-state index in [0.29, 0.717) is 18.4 Å². The Morgan fingerprint density at radius 1 is 0.950 bits per heavy atom. The Morgan fingerprint density at radius 2 is 1.50 bits per heavy atom. The van der Waals surface area contributed by atoms with E-state index in [1.165, 1.54) is 12.1 Å². The van der Waals surface area contributed by atoms with Gasteiger partial charge in [-0.15, -0.1) is 0 Å². The summed E-state index contributed by atoms with van der Waals surface area (Å²) in [6.45, 7) is 0. The molecule has 0 radical (unpaired) electrons. The topological polar surface area (TPSA) is 35.2 Å². The summed E-state index contributed by atoms with van der Waals surface area (Å²) in [6, 6.07) is 10.9. The van der Waals surface area contributed by atoms with Crippen LogP contribution in [0.15, 0.2) is 42.5 Å². The van der Waals surface area contributed by atoms with Crippen LogP contribution in [0.3, 0.4) is 0 Å². The molecule has 0 saturated carbocycles. The van der Waals surface area contributed by atoms with Crippen LogP contribution in [0, 0.1) is 11.6 Å². The van der Waals surface area contributed by atoms with Crippen LogP contribution in [0.4, 0.5) is 8.78 Å². The van der Waals surface area contributed by atoms with Crippen LogP contribution in [0.2, 0.25) is 0 Å². The molecule has 1 unspecified atom stereocenters. The Kier molecular flexibility index (Phi) is 4.69. The van der Waals surface area contributed by atoms with Gasteiger partial charge in [0.05, 0.1) is 7.11 Å². The summed E-state index contributed by atoms with van der Waals surface area (Å²) >= 11 is 0.